The van der Waals surface area contributed by atoms with E-state index < -0.39 is 0 Å². The number of piperidine rings is 1. The lowest BCUT2D eigenvalue weighted by atomic mass is 9.92. The number of urea groups is 1. The zero-order valence-electron chi connectivity index (χ0n) is 12.6. The number of hydrogen-bond donors (Lipinski definition) is 2. The van der Waals surface area contributed by atoms with Gasteiger partial charge in [-0.1, -0.05) is 13.8 Å². The molecule has 1 fully saturated rings. The number of rotatable bonds is 4. The molecule has 6 nitrogen and oxygen atoms in total. The van der Waals surface area contributed by atoms with E-state index in [0.29, 0.717) is 12.5 Å². The van der Waals surface area contributed by atoms with Gasteiger partial charge in [-0.25, -0.2) is 10.2 Å². The number of nitrogens with one attached hydrogen (secondary N) is 2. The molecule has 1 aliphatic heterocycles. The van der Waals surface area contributed by atoms with Gasteiger partial charge in [0.1, 0.15) is 0 Å². The minimum Gasteiger partial charge on any atom is -0.315 e. The maximum atomic E-state index is 12.3. The summed E-state index contributed by atoms with van der Waals surface area (Å²) in [5.74, 6) is 0.539. The number of nitrogens with zero attached hydrogens (tertiary/aromatic N) is 3. The number of hydrazine groups is 1. The lowest BCUT2D eigenvalue weighted by molar-refractivity contribution is 0.122. The van der Waals surface area contributed by atoms with E-state index in [1.807, 2.05) is 28.8 Å². The summed E-state index contributed by atoms with van der Waals surface area (Å²) in [6.45, 7) is 8.56. The van der Waals surface area contributed by atoms with Crippen molar-refractivity contribution in [3.8, 4) is 0 Å². The van der Waals surface area contributed by atoms with Gasteiger partial charge in [-0.05, 0) is 31.7 Å². The molecule has 2 amide bonds. The molecule has 0 radical (unpaired) electrons. The fourth-order valence-corrected chi connectivity index (χ4v) is 2.81. The van der Waals surface area contributed by atoms with Crippen molar-refractivity contribution in [2.24, 2.45) is 5.92 Å². The topological polar surface area (TPSA) is 62.2 Å². The first-order chi connectivity index (χ1) is 9.67. The van der Waals surface area contributed by atoms with Crippen LogP contribution in [0.2, 0.25) is 0 Å². The van der Waals surface area contributed by atoms with Crippen molar-refractivity contribution in [1.82, 2.24) is 25.5 Å². The summed E-state index contributed by atoms with van der Waals surface area (Å²) in [7, 11) is 0. The molecule has 0 spiro atoms. The average Bonchev–Trinajstić information content (AvgIpc) is 2.92. The Kier molecular flexibility index (Phi) is 5.00. The van der Waals surface area contributed by atoms with Gasteiger partial charge in [0.25, 0.3) is 0 Å². The number of aryl methyl sites for hydroxylation is 1. The van der Waals surface area contributed by atoms with Crippen LogP contribution < -0.4 is 10.9 Å². The van der Waals surface area contributed by atoms with Gasteiger partial charge in [0.2, 0.25) is 0 Å². The molecule has 2 atom stereocenters. The van der Waals surface area contributed by atoms with E-state index in [2.05, 4.69) is 29.8 Å². The molecule has 2 unspecified atom stereocenters. The molecule has 1 aromatic heterocycles. The third-order valence-electron chi connectivity index (χ3n) is 3.84. The predicted octanol–water partition coefficient (Wildman–Crippen LogP) is 1.91. The van der Waals surface area contributed by atoms with Crippen LogP contribution in [0, 0.1) is 5.92 Å². The quantitative estimate of drug-likeness (QED) is 0.828. The first-order valence-electron chi connectivity index (χ1n) is 7.48. The predicted molar refractivity (Wildman–Crippen MR) is 78.0 cm³/mol. The zero-order chi connectivity index (χ0) is 14.5. The van der Waals surface area contributed by atoms with Crippen LogP contribution in [-0.4, -0.2) is 33.8 Å². The molecular formula is C14H25N5O. The molecule has 2 heterocycles. The molecule has 2 N–H and O–H groups in total. The van der Waals surface area contributed by atoms with Crippen molar-refractivity contribution in [2.75, 3.05) is 13.1 Å². The van der Waals surface area contributed by atoms with Crippen LogP contribution in [0.4, 0.5) is 4.79 Å². The molecule has 0 bridgehead atoms. The Morgan fingerprint density at radius 3 is 2.95 bits per heavy atom. The summed E-state index contributed by atoms with van der Waals surface area (Å²) in [5, 5.41) is 4.33. The Labute approximate surface area is 120 Å². The fourth-order valence-electron chi connectivity index (χ4n) is 2.81. The third-order valence-corrected chi connectivity index (χ3v) is 3.84. The van der Waals surface area contributed by atoms with Crippen molar-refractivity contribution >= 4 is 6.03 Å². The second kappa shape index (κ2) is 6.74. The molecule has 112 valence electrons. The van der Waals surface area contributed by atoms with Crippen molar-refractivity contribution in [1.29, 1.82) is 0 Å². The third kappa shape index (κ3) is 3.12. The maximum Gasteiger partial charge on any atom is 0.332 e. The highest BCUT2D eigenvalue weighted by Crippen LogP contribution is 2.33. The smallest absolute Gasteiger partial charge is 0.315 e. The molecule has 20 heavy (non-hydrogen) atoms. The summed E-state index contributed by atoms with van der Waals surface area (Å²) >= 11 is 0. The molecular weight excluding hydrogens is 254 g/mol. The highest BCUT2D eigenvalue weighted by atomic mass is 16.2. The van der Waals surface area contributed by atoms with Gasteiger partial charge in [0, 0.05) is 25.8 Å². The van der Waals surface area contributed by atoms with E-state index in [-0.39, 0.29) is 12.1 Å². The van der Waals surface area contributed by atoms with Gasteiger partial charge >= 0.3 is 6.03 Å². The molecule has 0 aliphatic carbocycles. The summed E-state index contributed by atoms with van der Waals surface area (Å²) in [6.07, 6.45) is 3.95. The van der Waals surface area contributed by atoms with E-state index in [1.165, 1.54) is 0 Å². The highest BCUT2D eigenvalue weighted by Gasteiger charge is 2.32. The lowest BCUT2D eigenvalue weighted by Gasteiger charge is -2.38. The molecule has 0 aromatic carbocycles. The van der Waals surface area contributed by atoms with Crippen molar-refractivity contribution in [3.63, 3.8) is 0 Å². The largest absolute Gasteiger partial charge is 0.332 e. The Hall–Kier alpha value is -1.56. The van der Waals surface area contributed by atoms with E-state index in [4.69, 9.17) is 0 Å². The summed E-state index contributed by atoms with van der Waals surface area (Å²) in [4.78, 5) is 14.3. The highest BCUT2D eigenvalue weighted by molar-refractivity contribution is 5.74. The zero-order valence-corrected chi connectivity index (χ0v) is 12.6. The lowest BCUT2D eigenvalue weighted by Crippen LogP contribution is -2.51. The van der Waals surface area contributed by atoms with Gasteiger partial charge in [0.15, 0.2) is 0 Å². The van der Waals surface area contributed by atoms with Crippen LogP contribution in [0.3, 0.4) is 0 Å². The van der Waals surface area contributed by atoms with E-state index in [9.17, 15) is 4.79 Å². The monoisotopic (exact) mass is 279 g/mol. The first-order valence-corrected chi connectivity index (χ1v) is 7.48. The molecule has 6 heteroatoms. The van der Waals surface area contributed by atoms with Gasteiger partial charge in [-0.3, -0.25) is 10.1 Å². The van der Waals surface area contributed by atoms with Gasteiger partial charge < -0.3 is 4.90 Å². The van der Waals surface area contributed by atoms with Crippen molar-refractivity contribution < 1.29 is 4.79 Å². The minimum absolute atomic E-state index is 0.0488. The van der Waals surface area contributed by atoms with Crippen molar-refractivity contribution in [2.45, 2.75) is 46.2 Å². The Bertz CT molecular complexity index is 445. The summed E-state index contributed by atoms with van der Waals surface area (Å²) in [6, 6.07) is 2.09. The van der Waals surface area contributed by atoms with Crippen molar-refractivity contribution in [3.05, 3.63) is 18.0 Å². The van der Waals surface area contributed by atoms with Crippen LogP contribution in [0.25, 0.3) is 0 Å². The van der Waals surface area contributed by atoms with E-state index in [0.717, 1.165) is 31.6 Å². The average molecular weight is 279 g/mol. The summed E-state index contributed by atoms with van der Waals surface area (Å²) in [5.41, 5.74) is 6.78. The molecule has 0 saturated carbocycles. The van der Waals surface area contributed by atoms with Crippen LogP contribution in [0.5, 0.6) is 0 Å². The Balaban J connectivity index is 2.17. The molecule has 1 aromatic rings. The van der Waals surface area contributed by atoms with Crippen LogP contribution >= 0.6 is 0 Å². The SMILES string of the molecule is CCNNC(=O)N1CC(C)CCC1c1ccnn1CC. The number of aromatic nitrogens is 2. The fraction of sp³-hybridized carbons (Fsp3) is 0.714. The molecule has 2 rings (SSSR count). The van der Waals surface area contributed by atoms with E-state index >= 15 is 0 Å². The van der Waals surface area contributed by atoms with Gasteiger partial charge in [-0.15, -0.1) is 0 Å². The van der Waals surface area contributed by atoms with Crippen LogP contribution in [0.15, 0.2) is 12.3 Å². The van der Waals surface area contributed by atoms with Crippen LogP contribution in [-0.2, 0) is 6.54 Å². The first kappa shape index (κ1) is 14.8. The Morgan fingerprint density at radius 2 is 2.25 bits per heavy atom. The van der Waals surface area contributed by atoms with Gasteiger partial charge in [-0.2, -0.15) is 5.10 Å². The standard InChI is InChI=1S/C14H25N5O/c1-4-15-17-14(20)18-10-11(3)6-7-12(18)13-8-9-16-19(13)5-2/h8-9,11-12,15H,4-7,10H2,1-3H3,(H,17,20). The number of carbonyl (C=O) groups is 1. The number of amides is 2. The number of likely N-dealkylation sites (tertiary alicyclic amines) is 1. The number of carbonyl (C=O) groups excluding carboxylic acids is 1. The maximum absolute atomic E-state index is 12.3. The Morgan fingerprint density at radius 1 is 1.45 bits per heavy atom. The second-order valence-electron chi connectivity index (χ2n) is 5.38. The second-order valence-corrected chi connectivity index (χ2v) is 5.38. The minimum atomic E-state index is -0.0488. The van der Waals surface area contributed by atoms with Crippen LogP contribution in [0.1, 0.15) is 45.3 Å². The molecule has 1 aliphatic rings. The van der Waals surface area contributed by atoms with E-state index in [1.54, 1.807) is 0 Å². The number of hydrogen-bond acceptors (Lipinski definition) is 3. The van der Waals surface area contributed by atoms with Gasteiger partial charge in [0.05, 0.1) is 11.7 Å². The normalized spacial score (nSPS) is 22.9. The molecule has 1 saturated heterocycles. The summed E-state index contributed by atoms with van der Waals surface area (Å²) < 4.78 is 1.98.